The zero-order valence-corrected chi connectivity index (χ0v) is 11.3. The number of hydrogen-bond acceptors (Lipinski definition) is 4. The molecule has 4 heteroatoms. The Morgan fingerprint density at radius 1 is 1.25 bits per heavy atom. The first-order valence-electron chi connectivity index (χ1n) is 6.71. The molecule has 0 saturated heterocycles. The number of hydrogen-bond donors (Lipinski definition) is 2. The van der Waals surface area contributed by atoms with E-state index in [1.807, 2.05) is 36.5 Å². The van der Waals surface area contributed by atoms with Crippen LogP contribution >= 0.6 is 0 Å². The van der Waals surface area contributed by atoms with Crippen LogP contribution in [0.3, 0.4) is 0 Å². The van der Waals surface area contributed by atoms with E-state index in [-0.39, 0.29) is 6.04 Å². The maximum Gasteiger partial charge on any atom is 0.126 e. The van der Waals surface area contributed by atoms with Crippen LogP contribution in [0.25, 0.3) is 10.8 Å². The number of hydrazine groups is 1. The van der Waals surface area contributed by atoms with Crippen molar-refractivity contribution in [2.75, 3.05) is 0 Å². The highest BCUT2D eigenvalue weighted by Gasteiger charge is 2.18. The van der Waals surface area contributed by atoms with Gasteiger partial charge < -0.3 is 4.42 Å². The average Bonchev–Trinajstić information content (AvgIpc) is 2.97. The van der Waals surface area contributed by atoms with Gasteiger partial charge in [-0.15, -0.1) is 0 Å². The second-order valence-corrected chi connectivity index (χ2v) is 4.70. The molecule has 0 bridgehead atoms. The van der Waals surface area contributed by atoms with E-state index in [1.165, 1.54) is 0 Å². The Morgan fingerprint density at radius 3 is 2.90 bits per heavy atom. The van der Waals surface area contributed by atoms with E-state index in [2.05, 4.69) is 23.4 Å². The van der Waals surface area contributed by atoms with E-state index in [0.717, 1.165) is 34.3 Å². The van der Waals surface area contributed by atoms with Gasteiger partial charge in [-0.25, -0.2) is 5.43 Å². The standard InChI is InChI=1S/C16H17N3O/c1-2-12-6-7-15(20-12)16(19-17)14-5-3-4-11-10-18-9-8-13(11)14/h3-10,16,19H,2,17H2,1H3. The fourth-order valence-electron chi connectivity index (χ4n) is 2.46. The van der Waals surface area contributed by atoms with Crippen LogP contribution in [0.15, 0.2) is 53.2 Å². The first-order valence-corrected chi connectivity index (χ1v) is 6.71. The first kappa shape index (κ1) is 12.8. The van der Waals surface area contributed by atoms with Crippen molar-refractivity contribution in [3.05, 3.63) is 65.9 Å². The summed E-state index contributed by atoms with van der Waals surface area (Å²) in [6.07, 6.45) is 4.52. The molecule has 1 aromatic carbocycles. The van der Waals surface area contributed by atoms with Crippen molar-refractivity contribution < 1.29 is 4.42 Å². The molecule has 0 saturated carbocycles. The van der Waals surface area contributed by atoms with Crippen molar-refractivity contribution >= 4 is 10.8 Å². The van der Waals surface area contributed by atoms with Gasteiger partial charge in [0, 0.05) is 24.2 Å². The third-order valence-electron chi connectivity index (χ3n) is 3.51. The molecule has 3 N–H and O–H groups in total. The number of rotatable bonds is 4. The molecule has 4 nitrogen and oxygen atoms in total. The second kappa shape index (κ2) is 5.45. The highest BCUT2D eigenvalue weighted by Crippen LogP contribution is 2.29. The topological polar surface area (TPSA) is 64.1 Å². The van der Waals surface area contributed by atoms with Crippen LogP contribution in [0.1, 0.15) is 30.0 Å². The van der Waals surface area contributed by atoms with Crippen molar-refractivity contribution in [3.63, 3.8) is 0 Å². The Balaban J connectivity index is 2.11. The molecule has 1 atom stereocenters. The molecular weight excluding hydrogens is 250 g/mol. The van der Waals surface area contributed by atoms with Gasteiger partial charge in [0.1, 0.15) is 17.6 Å². The lowest BCUT2D eigenvalue weighted by molar-refractivity contribution is 0.426. The highest BCUT2D eigenvalue weighted by molar-refractivity contribution is 5.85. The van der Waals surface area contributed by atoms with Crippen molar-refractivity contribution in [2.45, 2.75) is 19.4 Å². The summed E-state index contributed by atoms with van der Waals surface area (Å²) in [6.45, 7) is 2.07. The van der Waals surface area contributed by atoms with Gasteiger partial charge in [0.25, 0.3) is 0 Å². The van der Waals surface area contributed by atoms with Crippen LogP contribution < -0.4 is 11.3 Å². The maximum atomic E-state index is 5.83. The summed E-state index contributed by atoms with van der Waals surface area (Å²) in [6, 6.07) is 11.9. The first-order chi connectivity index (χ1) is 9.83. The molecule has 3 rings (SSSR count). The Bertz CT molecular complexity index is 715. The second-order valence-electron chi connectivity index (χ2n) is 4.70. The molecule has 0 fully saturated rings. The Hall–Kier alpha value is -2.17. The largest absolute Gasteiger partial charge is 0.464 e. The van der Waals surface area contributed by atoms with Gasteiger partial charge in [-0.3, -0.25) is 10.8 Å². The molecule has 3 aromatic rings. The summed E-state index contributed by atoms with van der Waals surface area (Å²) in [5.41, 5.74) is 3.94. The van der Waals surface area contributed by atoms with Crippen LogP contribution in [0, 0.1) is 0 Å². The van der Waals surface area contributed by atoms with Gasteiger partial charge in [-0.2, -0.15) is 0 Å². The van der Waals surface area contributed by atoms with Crippen molar-refractivity contribution in [2.24, 2.45) is 5.84 Å². The molecule has 0 radical (unpaired) electrons. The van der Waals surface area contributed by atoms with E-state index < -0.39 is 0 Å². The van der Waals surface area contributed by atoms with Gasteiger partial charge >= 0.3 is 0 Å². The lowest BCUT2D eigenvalue weighted by Gasteiger charge is -2.16. The van der Waals surface area contributed by atoms with Crippen molar-refractivity contribution in [1.29, 1.82) is 0 Å². The molecule has 0 aliphatic rings. The minimum Gasteiger partial charge on any atom is -0.464 e. The van der Waals surface area contributed by atoms with Crippen LogP contribution in [0.5, 0.6) is 0 Å². The maximum absolute atomic E-state index is 5.83. The third-order valence-corrected chi connectivity index (χ3v) is 3.51. The summed E-state index contributed by atoms with van der Waals surface area (Å²) in [7, 11) is 0. The molecule has 2 aromatic heterocycles. The van der Waals surface area contributed by atoms with Gasteiger partial charge in [-0.1, -0.05) is 25.1 Å². The zero-order valence-electron chi connectivity index (χ0n) is 11.3. The molecule has 20 heavy (non-hydrogen) atoms. The number of fused-ring (bicyclic) bond motifs is 1. The Labute approximate surface area is 117 Å². The normalized spacial score (nSPS) is 12.7. The van der Waals surface area contributed by atoms with Gasteiger partial charge in [-0.05, 0) is 29.1 Å². The number of pyridine rings is 1. The minimum atomic E-state index is -0.165. The molecule has 102 valence electrons. The summed E-state index contributed by atoms with van der Waals surface area (Å²) in [5, 5.41) is 2.22. The van der Waals surface area contributed by atoms with Gasteiger partial charge in [0.15, 0.2) is 0 Å². The van der Waals surface area contributed by atoms with Gasteiger partial charge in [0.05, 0.1) is 0 Å². The van der Waals surface area contributed by atoms with Crippen LogP contribution in [0.2, 0.25) is 0 Å². The molecule has 1 unspecified atom stereocenters. The van der Waals surface area contributed by atoms with Gasteiger partial charge in [0.2, 0.25) is 0 Å². The Kier molecular flexibility index (Phi) is 3.50. The summed E-state index contributed by atoms with van der Waals surface area (Å²) >= 11 is 0. The highest BCUT2D eigenvalue weighted by atomic mass is 16.3. The minimum absolute atomic E-state index is 0.165. The number of nitrogens with zero attached hydrogens (tertiary/aromatic N) is 1. The van der Waals surface area contributed by atoms with E-state index in [4.69, 9.17) is 10.3 Å². The summed E-state index contributed by atoms with van der Waals surface area (Å²) in [5.74, 6) is 7.54. The molecule has 2 heterocycles. The predicted molar refractivity (Wildman–Crippen MR) is 79.0 cm³/mol. The van der Waals surface area contributed by atoms with Crippen LogP contribution in [-0.2, 0) is 6.42 Å². The van der Waals surface area contributed by atoms with Crippen LogP contribution in [0.4, 0.5) is 0 Å². The van der Waals surface area contributed by atoms with E-state index in [1.54, 1.807) is 6.20 Å². The number of nitrogens with one attached hydrogen (secondary N) is 1. The average molecular weight is 267 g/mol. The Morgan fingerprint density at radius 2 is 2.15 bits per heavy atom. The van der Waals surface area contributed by atoms with Crippen molar-refractivity contribution in [3.8, 4) is 0 Å². The monoisotopic (exact) mass is 267 g/mol. The lowest BCUT2D eigenvalue weighted by atomic mass is 9.99. The lowest BCUT2D eigenvalue weighted by Crippen LogP contribution is -2.28. The summed E-state index contributed by atoms with van der Waals surface area (Å²) < 4.78 is 5.83. The molecule has 0 aliphatic carbocycles. The van der Waals surface area contributed by atoms with Crippen molar-refractivity contribution in [1.82, 2.24) is 10.4 Å². The molecule has 0 spiro atoms. The fourth-order valence-corrected chi connectivity index (χ4v) is 2.46. The number of nitrogens with two attached hydrogens (primary N) is 1. The zero-order chi connectivity index (χ0) is 13.9. The molecule has 0 aliphatic heterocycles. The summed E-state index contributed by atoms with van der Waals surface area (Å²) in [4.78, 5) is 4.15. The smallest absolute Gasteiger partial charge is 0.126 e. The fraction of sp³-hybridized carbons (Fsp3) is 0.188. The molecular formula is C16H17N3O. The number of benzene rings is 1. The number of aryl methyl sites for hydroxylation is 1. The van der Waals surface area contributed by atoms with Crippen LogP contribution in [-0.4, -0.2) is 4.98 Å². The number of furan rings is 1. The van der Waals surface area contributed by atoms with E-state index in [9.17, 15) is 0 Å². The molecule has 0 amide bonds. The predicted octanol–water partition coefficient (Wildman–Crippen LogP) is 2.94. The number of aromatic nitrogens is 1. The SMILES string of the molecule is CCc1ccc(C(NN)c2cccc3cnccc23)o1. The van der Waals surface area contributed by atoms with E-state index in [0.29, 0.717) is 0 Å². The quantitative estimate of drug-likeness (QED) is 0.563. The van der Waals surface area contributed by atoms with E-state index >= 15 is 0 Å². The third kappa shape index (κ3) is 2.19.